The minimum atomic E-state index is -0.0743. The number of halogens is 2. The molecule has 0 aliphatic carbocycles. The highest BCUT2D eigenvalue weighted by Crippen LogP contribution is 2.27. The fourth-order valence-corrected chi connectivity index (χ4v) is 3.21. The number of nitrogens with zero attached hydrogens (tertiary/aromatic N) is 1. The van der Waals surface area contributed by atoms with E-state index in [-0.39, 0.29) is 5.91 Å². The van der Waals surface area contributed by atoms with Gasteiger partial charge in [0, 0.05) is 36.6 Å². The first-order valence-electron chi connectivity index (χ1n) is 9.02. The highest BCUT2D eigenvalue weighted by molar-refractivity contribution is 6.42. The summed E-state index contributed by atoms with van der Waals surface area (Å²) >= 11 is 12.0. The molecule has 1 amide bonds. The van der Waals surface area contributed by atoms with Gasteiger partial charge in [-0.2, -0.15) is 0 Å². The third-order valence-corrected chi connectivity index (χ3v) is 5.11. The van der Waals surface area contributed by atoms with E-state index in [1.807, 2.05) is 24.3 Å². The second kappa shape index (κ2) is 9.95. The largest absolute Gasteiger partial charge is 0.379 e. The number of carbonyl (C=O) groups is 1. The summed E-state index contributed by atoms with van der Waals surface area (Å²) < 4.78 is 5.34. The van der Waals surface area contributed by atoms with Gasteiger partial charge in [0.1, 0.15) is 0 Å². The van der Waals surface area contributed by atoms with Crippen molar-refractivity contribution >= 4 is 40.5 Å². The van der Waals surface area contributed by atoms with Gasteiger partial charge in [-0.3, -0.25) is 9.69 Å². The Morgan fingerprint density at radius 3 is 2.59 bits per heavy atom. The van der Waals surface area contributed by atoms with Crippen molar-refractivity contribution in [1.82, 2.24) is 10.2 Å². The molecule has 1 saturated heterocycles. The van der Waals surface area contributed by atoms with Crippen molar-refractivity contribution in [2.75, 3.05) is 44.7 Å². The van der Waals surface area contributed by atoms with Gasteiger partial charge >= 0.3 is 0 Å². The molecular weight excluding hydrogens is 385 g/mol. The normalized spacial score (nSPS) is 14.7. The van der Waals surface area contributed by atoms with Crippen molar-refractivity contribution in [1.29, 1.82) is 0 Å². The molecule has 5 nitrogen and oxygen atoms in total. The maximum Gasteiger partial charge on any atom is 0.251 e. The molecule has 3 rings (SSSR count). The lowest BCUT2D eigenvalue weighted by atomic mass is 10.1. The highest BCUT2D eigenvalue weighted by Gasteiger charge is 2.10. The van der Waals surface area contributed by atoms with E-state index in [1.165, 1.54) is 0 Å². The van der Waals surface area contributed by atoms with Crippen LogP contribution in [0.25, 0.3) is 0 Å². The molecule has 1 aliphatic heterocycles. The minimum absolute atomic E-state index is 0.0743. The molecule has 0 bridgehead atoms. The summed E-state index contributed by atoms with van der Waals surface area (Å²) in [6.45, 7) is 5.16. The Balaban J connectivity index is 1.49. The molecule has 27 heavy (non-hydrogen) atoms. The zero-order valence-electron chi connectivity index (χ0n) is 15.0. The van der Waals surface area contributed by atoms with Crippen LogP contribution < -0.4 is 10.6 Å². The Labute approximate surface area is 169 Å². The lowest BCUT2D eigenvalue weighted by Crippen LogP contribution is -2.38. The number of hydrogen-bond acceptors (Lipinski definition) is 4. The van der Waals surface area contributed by atoms with Crippen molar-refractivity contribution in [2.45, 2.75) is 6.42 Å². The van der Waals surface area contributed by atoms with Gasteiger partial charge in [0.05, 0.1) is 23.3 Å². The second-order valence-corrected chi connectivity index (χ2v) is 7.21. The van der Waals surface area contributed by atoms with Crippen LogP contribution in [0.3, 0.4) is 0 Å². The average molecular weight is 408 g/mol. The van der Waals surface area contributed by atoms with E-state index < -0.39 is 0 Å². The lowest BCUT2D eigenvalue weighted by molar-refractivity contribution is 0.0374. The highest BCUT2D eigenvalue weighted by atomic mass is 35.5. The fourth-order valence-electron chi connectivity index (χ4n) is 2.91. The summed E-state index contributed by atoms with van der Waals surface area (Å²) in [5, 5.41) is 7.21. The van der Waals surface area contributed by atoms with Gasteiger partial charge in [0.2, 0.25) is 0 Å². The molecule has 0 radical (unpaired) electrons. The number of ether oxygens (including phenoxy) is 1. The fraction of sp³-hybridized carbons (Fsp3) is 0.350. The standard InChI is InChI=1S/C20H23Cl2N3O2/c21-18-6-5-17(14-19(18)22)24-16-4-1-3-15(13-16)20(26)23-7-2-8-25-9-11-27-12-10-25/h1,3-6,13-14,24H,2,7-12H2,(H,23,26). The van der Waals surface area contributed by atoms with Gasteiger partial charge in [-0.15, -0.1) is 0 Å². The molecule has 2 aromatic rings. The van der Waals surface area contributed by atoms with Gasteiger partial charge in [-0.25, -0.2) is 0 Å². The van der Waals surface area contributed by atoms with Crippen LogP contribution in [0.1, 0.15) is 16.8 Å². The van der Waals surface area contributed by atoms with Crippen LogP contribution in [0.2, 0.25) is 10.0 Å². The lowest BCUT2D eigenvalue weighted by Gasteiger charge is -2.26. The third kappa shape index (κ3) is 6.11. The monoisotopic (exact) mass is 407 g/mol. The molecule has 0 unspecified atom stereocenters. The number of amides is 1. The summed E-state index contributed by atoms with van der Waals surface area (Å²) in [6.07, 6.45) is 0.924. The van der Waals surface area contributed by atoms with Crippen LogP contribution in [-0.2, 0) is 4.74 Å². The molecule has 2 N–H and O–H groups in total. The summed E-state index contributed by atoms with van der Waals surface area (Å²) in [5.74, 6) is -0.0743. The van der Waals surface area contributed by atoms with Gasteiger partial charge in [-0.1, -0.05) is 29.3 Å². The zero-order valence-corrected chi connectivity index (χ0v) is 16.5. The van der Waals surface area contributed by atoms with Crippen LogP contribution in [0.5, 0.6) is 0 Å². The maximum atomic E-state index is 12.4. The van der Waals surface area contributed by atoms with E-state index in [1.54, 1.807) is 18.2 Å². The SMILES string of the molecule is O=C(NCCCN1CCOCC1)c1cccc(Nc2ccc(Cl)c(Cl)c2)c1. The first-order valence-corrected chi connectivity index (χ1v) is 9.78. The van der Waals surface area contributed by atoms with Gasteiger partial charge in [-0.05, 0) is 49.4 Å². The quantitative estimate of drug-likeness (QED) is 0.675. The van der Waals surface area contributed by atoms with E-state index in [0.717, 1.165) is 50.6 Å². The number of anilines is 2. The number of hydrogen-bond donors (Lipinski definition) is 2. The molecule has 1 fully saturated rings. The molecule has 0 atom stereocenters. The van der Waals surface area contributed by atoms with Crippen LogP contribution >= 0.6 is 23.2 Å². The smallest absolute Gasteiger partial charge is 0.251 e. The van der Waals surface area contributed by atoms with Gasteiger partial charge in [0.25, 0.3) is 5.91 Å². The molecule has 0 aromatic heterocycles. The molecule has 2 aromatic carbocycles. The van der Waals surface area contributed by atoms with Gasteiger partial charge < -0.3 is 15.4 Å². The number of morpholine rings is 1. The zero-order chi connectivity index (χ0) is 19.1. The average Bonchev–Trinajstić information content (AvgIpc) is 2.69. The van der Waals surface area contributed by atoms with Gasteiger partial charge in [0.15, 0.2) is 0 Å². The van der Waals surface area contributed by atoms with E-state index >= 15 is 0 Å². The van der Waals surface area contributed by atoms with Crippen molar-refractivity contribution in [2.24, 2.45) is 0 Å². The summed E-state index contributed by atoms with van der Waals surface area (Å²) in [5.41, 5.74) is 2.24. The van der Waals surface area contributed by atoms with Crippen LogP contribution in [0.15, 0.2) is 42.5 Å². The van der Waals surface area contributed by atoms with E-state index in [2.05, 4.69) is 15.5 Å². The Morgan fingerprint density at radius 1 is 1.04 bits per heavy atom. The topological polar surface area (TPSA) is 53.6 Å². The summed E-state index contributed by atoms with van der Waals surface area (Å²) in [6, 6.07) is 12.7. The third-order valence-electron chi connectivity index (χ3n) is 4.37. The van der Waals surface area contributed by atoms with Crippen molar-refractivity contribution in [3.05, 3.63) is 58.1 Å². The van der Waals surface area contributed by atoms with Crippen LogP contribution in [0, 0.1) is 0 Å². The van der Waals surface area contributed by atoms with Crippen LogP contribution in [-0.4, -0.2) is 50.2 Å². The first-order chi connectivity index (χ1) is 13.1. The molecule has 1 heterocycles. The Morgan fingerprint density at radius 2 is 1.81 bits per heavy atom. The summed E-state index contributed by atoms with van der Waals surface area (Å²) in [4.78, 5) is 14.7. The van der Waals surface area contributed by atoms with E-state index in [9.17, 15) is 4.79 Å². The van der Waals surface area contributed by atoms with Crippen LogP contribution in [0.4, 0.5) is 11.4 Å². The van der Waals surface area contributed by atoms with E-state index in [4.69, 9.17) is 27.9 Å². The molecule has 0 spiro atoms. The Kier molecular flexibility index (Phi) is 7.35. The van der Waals surface area contributed by atoms with Crippen molar-refractivity contribution < 1.29 is 9.53 Å². The maximum absolute atomic E-state index is 12.4. The molecule has 144 valence electrons. The Hall–Kier alpha value is -1.79. The number of benzene rings is 2. The molecule has 1 aliphatic rings. The molecular formula is C20H23Cl2N3O2. The summed E-state index contributed by atoms with van der Waals surface area (Å²) in [7, 11) is 0. The predicted octanol–water partition coefficient (Wildman–Crippen LogP) is 4.19. The minimum Gasteiger partial charge on any atom is -0.379 e. The molecule has 0 saturated carbocycles. The number of carbonyl (C=O) groups excluding carboxylic acids is 1. The molecule has 7 heteroatoms. The van der Waals surface area contributed by atoms with Crippen molar-refractivity contribution in [3.63, 3.8) is 0 Å². The predicted molar refractivity (Wildman–Crippen MR) is 110 cm³/mol. The number of rotatable bonds is 7. The van der Waals surface area contributed by atoms with Crippen molar-refractivity contribution in [3.8, 4) is 0 Å². The first kappa shape index (κ1) is 20.0. The number of nitrogens with one attached hydrogen (secondary N) is 2. The second-order valence-electron chi connectivity index (χ2n) is 6.40. The Bertz CT molecular complexity index is 780. The van der Waals surface area contributed by atoms with E-state index in [0.29, 0.717) is 22.2 Å².